The molecule has 5 nitrogen and oxygen atoms in total. The van der Waals surface area contributed by atoms with Crippen LogP contribution in [0.2, 0.25) is 0 Å². The Morgan fingerprint density at radius 2 is 1.68 bits per heavy atom. The van der Waals surface area contributed by atoms with Crippen LogP contribution in [0, 0.1) is 17.5 Å². The normalized spacial score (nSPS) is 11.5. The van der Waals surface area contributed by atoms with Gasteiger partial charge in [0.25, 0.3) is 5.91 Å². The van der Waals surface area contributed by atoms with Gasteiger partial charge in [-0.1, -0.05) is 24.3 Å². The minimum Gasteiger partial charge on any atom is -0.489 e. The molecule has 1 unspecified atom stereocenters. The number of likely N-dealkylation sites (N-methyl/N-ethyl adjacent to an activating group) is 1. The van der Waals surface area contributed by atoms with Gasteiger partial charge in [0.15, 0.2) is 11.6 Å². The minimum absolute atomic E-state index is 0.0929. The molecule has 2 amide bonds. The van der Waals surface area contributed by atoms with Crippen molar-refractivity contribution in [2.45, 2.75) is 12.6 Å². The minimum atomic E-state index is -1.23. The van der Waals surface area contributed by atoms with Gasteiger partial charge in [-0.3, -0.25) is 9.59 Å². The molecule has 1 atom stereocenters. The molecule has 31 heavy (non-hydrogen) atoms. The maximum atomic E-state index is 13.6. The van der Waals surface area contributed by atoms with E-state index in [2.05, 4.69) is 10.6 Å². The van der Waals surface area contributed by atoms with Crippen LogP contribution in [-0.4, -0.2) is 18.9 Å². The van der Waals surface area contributed by atoms with Gasteiger partial charge < -0.3 is 15.4 Å². The zero-order valence-electron chi connectivity index (χ0n) is 16.5. The van der Waals surface area contributed by atoms with Crippen molar-refractivity contribution in [3.8, 4) is 5.75 Å². The third kappa shape index (κ3) is 5.63. The quantitative estimate of drug-likeness (QED) is 0.600. The molecule has 160 valence electrons. The molecule has 0 saturated carbocycles. The molecule has 3 aromatic carbocycles. The molecule has 0 aliphatic carbocycles. The van der Waals surface area contributed by atoms with Gasteiger partial charge in [0, 0.05) is 12.6 Å². The number of halogens is 3. The first-order valence-corrected chi connectivity index (χ1v) is 9.32. The molecule has 0 aliphatic heterocycles. The summed E-state index contributed by atoms with van der Waals surface area (Å²) in [5.41, 5.74) is 1.04. The van der Waals surface area contributed by atoms with Crippen molar-refractivity contribution in [1.29, 1.82) is 0 Å². The first kappa shape index (κ1) is 21.9. The summed E-state index contributed by atoms with van der Waals surface area (Å²) >= 11 is 0. The lowest BCUT2D eigenvalue weighted by Crippen LogP contribution is -2.39. The molecule has 0 aromatic heterocycles. The van der Waals surface area contributed by atoms with Gasteiger partial charge in [-0.2, -0.15) is 0 Å². The van der Waals surface area contributed by atoms with Crippen molar-refractivity contribution in [2.24, 2.45) is 0 Å². The molecule has 0 bridgehead atoms. The van der Waals surface area contributed by atoms with Crippen LogP contribution < -0.4 is 15.4 Å². The lowest BCUT2D eigenvalue weighted by atomic mass is 10.0. The first-order chi connectivity index (χ1) is 14.9. The summed E-state index contributed by atoms with van der Waals surface area (Å²) in [6, 6.07) is 13.8. The van der Waals surface area contributed by atoms with E-state index in [0.29, 0.717) is 5.75 Å². The van der Waals surface area contributed by atoms with Crippen molar-refractivity contribution in [3.63, 3.8) is 0 Å². The Balaban J connectivity index is 1.74. The van der Waals surface area contributed by atoms with Gasteiger partial charge >= 0.3 is 0 Å². The first-order valence-electron chi connectivity index (χ1n) is 9.32. The highest BCUT2D eigenvalue weighted by atomic mass is 19.2. The molecule has 0 radical (unpaired) electrons. The number of nitrogens with one attached hydrogen (secondary N) is 2. The van der Waals surface area contributed by atoms with Crippen LogP contribution in [0.4, 0.5) is 13.2 Å². The number of amides is 2. The second-order valence-corrected chi connectivity index (χ2v) is 6.64. The largest absolute Gasteiger partial charge is 0.489 e. The number of hydrogen-bond acceptors (Lipinski definition) is 3. The van der Waals surface area contributed by atoms with E-state index in [-0.39, 0.29) is 23.6 Å². The van der Waals surface area contributed by atoms with Crippen LogP contribution in [0.25, 0.3) is 0 Å². The second-order valence-electron chi connectivity index (χ2n) is 6.64. The maximum Gasteiger partial charge on any atom is 0.252 e. The van der Waals surface area contributed by atoms with E-state index in [1.165, 1.54) is 37.4 Å². The molecule has 3 rings (SSSR count). The van der Waals surface area contributed by atoms with Crippen LogP contribution in [0.5, 0.6) is 5.75 Å². The number of hydrogen-bond donors (Lipinski definition) is 2. The highest BCUT2D eigenvalue weighted by Gasteiger charge is 2.23. The van der Waals surface area contributed by atoms with Crippen LogP contribution in [0.15, 0.2) is 66.7 Å². The van der Waals surface area contributed by atoms with E-state index in [1.807, 2.05) is 0 Å². The molecule has 3 aromatic rings. The average molecular weight is 428 g/mol. The summed E-state index contributed by atoms with van der Waals surface area (Å²) in [6.45, 7) is 0.168. The van der Waals surface area contributed by atoms with Crippen molar-refractivity contribution in [2.75, 3.05) is 7.05 Å². The van der Waals surface area contributed by atoms with E-state index < -0.39 is 29.5 Å². The Morgan fingerprint density at radius 1 is 0.935 bits per heavy atom. The molecule has 0 spiro atoms. The van der Waals surface area contributed by atoms with Crippen molar-refractivity contribution in [1.82, 2.24) is 10.6 Å². The molecule has 0 fully saturated rings. The zero-order chi connectivity index (χ0) is 22.4. The van der Waals surface area contributed by atoms with E-state index in [0.717, 1.165) is 17.7 Å². The number of carbonyl (C=O) groups excluding carboxylic acids is 2. The lowest BCUT2D eigenvalue weighted by molar-refractivity contribution is -0.122. The van der Waals surface area contributed by atoms with Gasteiger partial charge in [-0.15, -0.1) is 0 Å². The van der Waals surface area contributed by atoms with E-state index in [4.69, 9.17) is 4.74 Å². The summed E-state index contributed by atoms with van der Waals surface area (Å²) in [6.07, 6.45) is 0. The Hall–Kier alpha value is -3.81. The zero-order valence-corrected chi connectivity index (χ0v) is 16.5. The van der Waals surface area contributed by atoms with E-state index >= 15 is 0 Å². The highest BCUT2D eigenvalue weighted by molar-refractivity contribution is 5.98. The standard InChI is InChI=1S/C23H19F3N2O3/c1-27-23(30)21(15-7-10-19(25)20(26)12-15)28-22(29)16-3-2-4-18(11-16)31-13-14-5-8-17(24)9-6-14/h2-12,21H,13H2,1H3,(H,27,30)(H,28,29). The van der Waals surface area contributed by atoms with Crippen molar-refractivity contribution >= 4 is 11.8 Å². The molecule has 0 saturated heterocycles. The van der Waals surface area contributed by atoms with Gasteiger partial charge in [-0.05, 0) is 53.6 Å². The van der Waals surface area contributed by atoms with Gasteiger partial charge in [0.1, 0.15) is 24.2 Å². The fourth-order valence-corrected chi connectivity index (χ4v) is 2.83. The maximum absolute atomic E-state index is 13.6. The number of ether oxygens (including phenoxy) is 1. The summed E-state index contributed by atoms with van der Waals surface area (Å²) in [5, 5.41) is 4.90. The predicted octanol–water partition coefficient (Wildman–Crippen LogP) is 3.90. The molecule has 0 heterocycles. The van der Waals surface area contributed by atoms with Crippen LogP contribution in [-0.2, 0) is 11.4 Å². The molecular formula is C23H19F3N2O3. The van der Waals surface area contributed by atoms with Crippen molar-refractivity contribution < 1.29 is 27.5 Å². The molecular weight excluding hydrogens is 409 g/mol. The predicted molar refractivity (Wildman–Crippen MR) is 108 cm³/mol. The van der Waals surface area contributed by atoms with E-state index in [9.17, 15) is 22.8 Å². The lowest BCUT2D eigenvalue weighted by Gasteiger charge is -2.18. The Kier molecular flexibility index (Phi) is 6.92. The monoisotopic (exact) mass is 428 g/mol. The SMILES string of the molecule is CNC(=O)C(NC(=O)c1cccc(OCc2ccc(F)cc2)c1)c1ccc(F)c(F)c1. The summed E-state index contributed by atoms with van der Waals surface area (Å²) in [7, 11) is 1.37. The fourth-order valence-electron chi connectivity index (χ4n) is 2.83. The number of benzene rings is 3. The van der Waals surface area contributed by atoms with Crippen LogP contribution >= 0.6 is 0 Å². The topological polar surface area (TPSA) is 67.4 Å². The Labute approximate surface area is 176 Å². The summed E-state index contributed by atoms with van der Waals surface area (Å²) in [5.74, 6) is -3.35. The molecule has 0 aliphatic rings. The van der Waals surface area contributed by atoms with Crippen LogP contribution in [0.3, 0.4) is 0 Å². The third-order valence-corrected chi connectivity index (χ3v) is 4.48. The van der Waals surface area contributed by atoms with Crippen molar-refractivity contribution in [3.05, 3.63) is 101 Å². The second kappa shape index (κ2) is 9.80. The average Bonchev–Trinajstić information content (AvgIpc) is 2.78. The fraction of sp³-hybridized carbons (Fsp3) is 0.130. The molecule has 2 N–H and O–H groups in total. The van der Waals surface area contributed by atoms with Gasteiger partial charge in [0.05, 0.1) is 0 Å². The smallest absolute Gasteiger partial charge is 0.252 e. The number of rotatable bonds is 7. The Bertz CT molecular complexity index is 1090. The van der Waals surface area contributed by atoms with E-state index in [1.54, 1.807) is 24.3 Å². The summed E-state index contributed by atoms with van der Waals surface area (Å²) < 4.78 is 45.5. The summed E-state index contributed by atoms with van der Waals surface area (Å²) in [4.78, 5) is 24.9. The molecule has 8 heteroatoms. The van der Waals surface area contributed by atoms with Gasteiger partial charge in [0.2, 0.25) is 5.91 Å². The third-order valence-electron chi connectivity index (χ3n) is 4.48. The Morgan fingerprint density at radius 3 is 2.35 bits per heavy atom. The highest BCUT2D eigenvalue weighted by Crippen LogP contribution is 2.20. The number of carbonyl (C=O) groups is 2. The van der Waals surface area contributed by atoms with Gasteiger partial charge in [-0.25, -0.2) is 13.2 Å². The van der Waals surface area contributed by atoms with Crippen LogP contribution in [0.1, 0.15) is 27.5 Å².